The van der Waals surface area contributed by atoms with Crippen molar-refractivity contribution in [3.8, 4) is 17.6 Å². The van der Waals surface area contributed by atoms with Crippen LogP contribution in [0.25, 0.3) is 0 Å². The first-order chi connectivity index (χ1) is 8.31. The van der Waals surface area contributed by atoms with Gasteiger partial charge in [-0.3, -0.25) is 0 Å². The van der Waals surface area contributed by atoms with Crippen LogP contribution in [0, 0.1) is 17.2 Å². The molecule has 0 aromatic heterocycles. The zero-order chi connectivity index (χ0) is 12.1. The highest BCUT2D eigenvalue weighted by molar-refractivity contribution is 5.43. The van der Waals surface area contributed by atoms with Gasteiger partial charge < -0.3 is 14.2 Å². The summed E-state index contributed by atoms with van der Waals surface area (Å²) in [5.41, 5.74) is 0.515. The molecular weight excluding hydrogens is 218 g/mol. The van der Waals surface area contributed by atoms with Crippen molar-refractivity contribution in [2.75, 3.05) is 20.5 Å². The average molecular weight is 233 g/mol. The van der Waals surface area contributed by atoms with E-state index in [0.717, 1.165) is 12.5 Å². The maximum atomic E-state index is 8.84. The van der Waals surface area contributed by atoms with Crippen molar-refractivity contribution in [1.82, 2.24) is 0 Å². The van der Waals surface area contributed by atoms with Crippen molar-refractivity contribution in [2.45, 2.75) is 12.8 Å². The van der Waals surface area contributed by atoms with Gasteiger partial charge in [0.25, 0.3) is 0 Å². The quantitative estimate of drug-likeness (QED) is 0.559. The summed E-state index contributed by atoms with van der Waals surface area (Å²) in [6, 6.07) is 7.13. The number of ether oxygens (including phenoxy) is 3. The topological polar surface area (TPSA) is 51.5 Å². The van der Waals surface area contributed by atoms with Crippen molar-refractivity contribution in [3.05, 3.63) is 23.8 Å². The number of benzene rings is 1. The number of hydrogen-bond acceptors (Lipinski definition) is 4. The lowest BCUT2D eigenvalue weighted by molar-refractivity contribution is 0.00988. The molecule has 2 rings (SSSR count). The Hall–Kier alpha value is -1.73. The van der Waals surface area contributed by atoms with Crippen molar-refractivity contribution in [1.29, 1.82) is 5.26 Å². The highest BCUT2D eigenvalue weighted by Gasteiger charge is 2.21. The minimum atomic E-state index is 0.217. The summed E-state index contributed by atoms with van der Waals surface area (Å²) in [5.74, 6) is 1.93. The van der Waals surface area contributed by atoms with Crippen LogP contribution in [-0.4, -0.2) is 20.5 Å². The first kappa shape index (κ1) is 11.7. The molecule has 4 nitrogen and oxygen atoms in total. The van der Waals surface area contributed by atoms with Crippen LogP contribution in [0.5, 0.6) is 11.5 Å². The second-order valence-electron chi connectivity index (χ2n) is 4.09. The standard InChI is InChI=1S/C13H15NO3/c1-15-12-4-11(7-14)5-13(6-12)17-9-16-8-10-2-3-10/h4-6,10H,2-3,8-9H2,1H3. The summed E-state index contributed by atoms with van der Waals surface area (Å²) in [6.07, 6.45) is 2.52. The smallest absolute Gasteiger partial charge is 0.189 e. The van der Waals surface area contributed by atoms with E-state index in [4.69, 9.17) is 19.5 Å². The Balaban J connectivity index is 1.87. The van der Waals surface area contributed by atoms with Crippen LogP contribution >= 0.6 is 0 Å². The van der Waals surface area contributed by atoms with E-state index in [-0.39, 0.29) is 6.79 Å². The van der Waals surface area contributed by atoms with Crippen LogP contribution in [0.4, 0.5) is 0 Å². The van der Waals surface area contributed by atoms with Crippen LogP contribution in [0.1, 0.15) is 18.4 Å². The van der Waals surface area contributed by atoms with Crippen molar-refractivity contribution in [2.24, 2.45) is 5.92 Å². The molecule has 90 valence electrons. The van der Waals surface area contributed by atoms with E-state index < -0.39 is 0 Å². The van der Waals surface area contributed by atoms with E-state index in [1.807, 2.05) is 0 Å². The molecule has 17 heavy (non-hydrogen) atoms. The molecule has 1 aliphatic carbocycles. The number of nitrogens with zero attached hydrogens (tertiary/aromatic N) is 1. The predicted octanol–water partition coefficient (Wildman–Crippen LogP) is 2.33. The molecule has 0 bridgehead atoms. The molecule has 0 saturated heterocycles. The van der Waals surface area contributed by atoms with Crippen LogP contribution < -0.4 is 9.47 Å². The van der Waals surface area contributed by atoms with Gasteiger partial charge in [-0.1, -0.05) is 0 Å². The van der Waals surface area contributed by atoms with E-state index in [2.05, 4.69) is 6.07 Å². The van der Waals surface area contributed by atoms with Crippen molar-refractivity contribution in [3.63, 3.8) is 0 Å². The molecule has 4 heteroatoms. The number of hydrogen-bond donors (Lipinski definition) is 0. The molecule has 0 unspecified atom stereocenters. The van der Waals surface area contributed by atoms with Gasteiger partial charge in [0.1, 0.15) is 11.5 Å². The minimum Gasteiger partial charge on any atom is -0.497 e. The zero-order valence-corrected chi connectivity index (χ0v) is 9.81. The van der Waals surface area contributed by atoms with E-state index in [9.17, 15) is 0 Å². The summed E-state index contributed by atoms with van der Waals surface area (Å²) in [7, 11) is 1.56. The predicted molar refractivity (Wildman–Crippen MR) is 61.9 cm³/mol. The molecule has 0 amide bonds. The van der Waals surface area contributed by atoms with Gasteiger partial charge >= 0.3 is 0 Å². The monoisotopic (exact) mass is 233 g/mol. The van der Waals surface area contributed by atoms with Gasteiger partial charge in [-0.2, -0.15) is 5.26 Å². The van der Waals surface area contributed by atoms with Crippen LogP contribution in [0.15, 0.2) is 18.2 Å². The Bertz CT molecular complexity index is 421. The first-order valence-electron chi connectivity index (χ1n) is 5.61. The Labute approximate surface area is 101 Å². The van der Waals surface area contributed by atoms with Gasteiger partial charge in [0.05, 0.1) is 25.3 Å². The third-order valence-corrected chi connectivity index (χ3v) is 2.60. The van der Waals surface area contributed by atoms with Gasteiger partial charge in [0.15, 0.2) is 6.79 Å². The Kier molecular flexibility index (Phi) is 3.84. The lowest BCUT2D eigenvalue weighted by Crippen LogP contribution is -2.05. The molecule has 1 fully saturated rings. The zero-order valence-electron chi connectivity index (χ0n) is 9.81. The molecule has 0 atom stereocenters. The fourth-order valence-electron chi connectivity index (χ4n) is 1.45. The Morgan fingerprint density at radius 2 is 2.06 bits per heavy atom. The summed E-state index contributed by atoms with van der Waals surface area (Å²) >= 11 is 0. The van der Waals surface area contributed by atoms with E-state index >= 15 is 0 Å². The molecular formula is C13H15NO3. The highest BCUT2D eigenvalue weighted by Crippen LogP contribution is 2.29. The van der Waals surface area contributed by atoms with Gasteiger partial charge in [0, 0.05) is 6.07 Å². The SMILES string of the molecule is COc1cc(C#N)cc(OCOCC2CC2)c1. The summed E-state index contributed by atoms with van der Waals surface area (Å²) < 4.78 is 15.9. The number of nitriles is 1. The molecule has 1 aliphatic rings. The van der Waals surface area contributed by atoms with E-state index in [1.54, 1.807) is 25.3 Å². The van der Waals surface area contributed by atoms with Crippen molar-refractivity contribution >= 4 is 0 Å². The third-order valence-electron chi connectivity index (χ3n) is 2.60. The van der Waals surface area contributed by atoms with Crippen molar-refractivity contribution < 1.29 is 14.2 Å². The second-order valence-corrected chi connectivity index (χ2v) is 4.09. The van der Waals surface area contributed by atoms with Gasteiger partial charge in [-0.15, -0.1) is 0 Å². The van der Waals surface area contributed by atoms with E-state index in [0.29, 0.717) is 17.1 Å². The third kappa shape index (κ3) is 3.65. The number of rotatable bonds is 6. The maximum absolute atomic E-state index is 8.84. The largest absolute Gasteiger partial charge is 0.497 e. The number of methoxy groups -OCH3 is 1. The summed E-state index contributed by atoms with van der Waals surface area (Å²) in [5, 5.41) is 8.84. The molecule has 1 saturated carbocycles. The molecule has 0 N–H and O–H groups in total. The molecule has 1 aromatic carbocycles. The highest BCUT2D eigenvalue weighted by atomic mass is 16.7. The van der Waals surface area contributed by atoms with Crippen LogP contribution in [-0.2, 0) is 4.74 Å². The molecule has 0 radical (unpaired) electrons. The average Bonchev–Trinajstić information content (AvgIpc) is 3.18. The second kappa shape index (κ2) is 5.55. The lowest BCUT2D eigenvalue weighted by Gasteiger charge is -2.08. The van der Waals surface area contributed by atoms with E-state index in [1.165, 1.54) is 12.8 Å². The molecule has 0 aliphatic heterocycles. The fraction of sp³-hybridized carbons (Fsp3) is 0.462. The fourth-order valence-corrected chi connectivity index (χ4v) is 1.45. The van der Waals surface area contributed by atoms with Crippen LogP contribution in [0.3, 0.4) is 0 Å². The van der Waals surface area contributed by atoms with Gasteiger partial charge in [-0.25, -0.2) is 0 Å². The normalized spacial score (nSPS) is 14.1. The summed E-state index contributed by atoms with van der Waals surface area (Å²) in [4.78, 5) is 0. The molecule has 0 spiro atoms. The Morgan fingerprint density at radius 1 is 1.29 bits per heavy atom. The molecule has 0 heterocycles. The van der Waals surface area contributed by atoms with Gasteiger partial charge in [0.2, 0.25) is 0 Å². The lowest BCUT2D eigenvalue weighted by atomic mass is 10.2. The van der Waals surface area contributed by atoms with Crippen LogP contribution in [0.2, 0.25) is 0 Å². The minimum absolute atomic E-state index is 0.217. The first-order valence-corrected chi connectivity index (χ1v) is 5.61. The Morgan fingerprint density at radius 3 is 2.71 bits per heavy atom. The van der Waals surface area contributed by atoms with Gasteiger partial charge in [-0.05, 0) is 30.9 Å². The summed E-state index contributed by atoms with van der Waals surface area (Å²) in [6.45, 7) is 0.976. The molecule has 1 aromatic rings. The maximum Gasteiger partial charge on any atom is 0.189 e.